The highest BCUT2D eigenvalue weighted by molar-refractivity contribution is 7.89. The lowest BCUT2D eigenvalue weighted by Gasteiger charge is -2.26. The first-order valence-corrected chi connectivity index (χ1v) is 8.34. The number of sulfonamides is 1. The summed E-state index contributed by atoms with van der Waals surface area (Å²) in [6.45, 7) is 3.50. The van der Waals surface area contributed by atoms with Crippen LogP contribution in [0.25, 0.3) is 0 Å². The van der Waals surface area contributed by atoms with Crippen LogP contribution in [0.4, 0.5) is 5.69 Å². The number of amides is 1. The fourth-order valence-electron chi connectivity index (χ4n) is 2.04. The molecule has 0 spiro atoms. The summed E-state index contributed by atoms with van der Waals surface area (Å²) in [6.07, 6.45) is 0. The van der Waals surface area contributed by atoms with Crippen molar-refractivity contribution in [2.45, 2.75) is 4.90 Å². The third-order valence-corrected chi connectivity index (χ3v) is 4.36. The third kappa shape index (κ3) is 4.65. The van der Waals surface area contributed by atoms with E-state index in [1.165, 1.54) is 18.2 Å². The summed E-state index contributed by atoms with van der Waals surface area (Å²) in [6, 6.07) is 3.94. The molecule has 1 aliphatic heterocycles. The molecule has 0 saturated carbocycles. The Labute approximate surface area is 128 Å². The topological polar surface area (TPSA) is 105 Å². The number of hydrogen-bond acceptors (Lipinski definition) is 5. The van der Waals surface area contributed by atoms with Crippen molar-refractivity contribution in [3.8, 4) is 0 Å². The first kappa shape index (κ1) is 16.2. The van der Waals surface area contributed by atoms with Crippen LogP contribution < -0.4 is 15.8 Å². The van der Waals surface area contributed by atoms with E-state index >= 15 is 0 Å². The molecular weight excluding hydrogens is 316 g/mol. The molecule has 0 atom stereocenters. The van der Waals surface area contributed by atoms with E-state index < -0.39 is 10.0 Å². The van der Waals surface area contributed by atoms with Gasteiger partial charge in [-0.05, 0) is 18.2 Å². The zero-order chi connectivity index (χ0) is 15.5. The Kier molecular flexibility index (Phi) is 5.17. The van der Waals surface area contributed by atoms with Crippen LogP contribution in [0, 0.1) is 0 Å². The van der Waals surface area contributed by atoms with Crippen LogP contribution in [-0.2, 0) is 14.8 Å². The smallest absolute Gasteiger partial charge is 0.238 e. The van der Waals surface area contributed by atoms with Crippen molar-refractivity contribution in [3.63, 3.8) is 0 Å². The van der Waals surface area contributed by atoms with E-state index in [4.69, 9.17) is 16.7 Å². The van der Waals surface area contributed by atoms with Gasteiger partial charge in [-0.25, -0.2) is 13.6 Å². The van der Waals surface area contributed by atoms with Crippen LogP contribution in [0.15, 0.2) is 23.1 Å². The zero-order valence-corrected chi connectivity index (χ0v) is 12.9. The maximum atomic E-state index is 12.0. The average molecular weight is 333 g/mol. The summed E-state index contributed by atoms with van der Waals surface area (Å²) in [4.78, 5) is 13.9. The Morgan fingerprint density at radius 3 is 2.67 bits per heavy atom. The number of carbonyl (C=O) groups is 1. The van der Waals surface area contributed by atoms with Crippen LogP contribution in [0.2, 0.25) is 5.02 Å². The number of primary sulfonamides is 1. The predicted octanol–water partition coefficient (Wildman–Crippen LogP) is -0.169. The molecule has 1 fully saturated rings. The van der Waals surface area contributed by atoms with Crippen LogP contribution in [0.3, 0.4) is 0 Å². The summed E-state index contributed by atoms with van der Waals surface area (Å²) < 4.78 is 22.6. The molecule has 1 amide bonds. The van der Waals surface area contributed by atoms with Crippen molar-refractivity contribution in [2.75, 3.05) is 38.0 Å². The molecule has 1 aromatic rings. The molecule has 116 valence electrons. The molecule has 2 rings (SSSR count). The highest BCUT2D eigenvalue weighted by atomic mass is 35.5. The Hall–Kier alpha value is -1.19. The number of benzene rings is 1. The molecule has 0 radical (unpaired) electrons. The number of carbonyl (C=O) groups excluding carboxylic acids is 1. The highest BCUT2D eigenvalue weighted by Gasteiger charge is 2.16. The Morgan fingerprint density at radius 2 is 2.05 bits per heavy atom. The van der Waals surface area contributed by atoms with Gasteiger partial charge in [0, 0.05) is 26.2 Å². The lowest BCUT2D eigenvalue weighted by Crippen LogP contribution is -2.46. The van der Waals surface area contributed by atoms with Gasteiger partial charge in [0.1, 0.15) is 0 Å². The van der Waals surface area contributed by atoms with Gasteiger partial charge in [-0.1, -0.05) is 11.6 Å². The second-order valence-corrected chi connectivity index (χ2v) is 6.73. The molecule has 0 unspecified atom stereocenters. The predicted molar refractivity (Wildman–Crippen MR) is 80.8 cm³/mol. The Bertz CT molecular complexity index is 629. The van der Waals surface area contributed by atoms with Crippen molar-refractivity contribution in [1.82, 2.24) is 10.2 Å². The zero-order valence-electron chi connectivity index (χ0n) is 11.3. The minimum atomic E-state index is -3.83. The minimum Gasteiger partial charge on any atom is -0.324 e. The lowest BCUT2D eigenvalue weighted by atomic mass is 10.3. The fourth-order valence-corrected chi connectivity index (χ4v) is 2.74. The average Bonchev–Trinajstić information content (AvgIpc) is 2.41. The molecule has 1 saturated heterocycles. The summed E-state index contributed by atoms with van der Waals surface area (Å²) in [5.74, 6) is -0.245. The van der Waals surface area contributed by atoms with Gasteiger partial charge in [0.25, 0.3) is 0 Å². The Morgan fingerprint density at radius 1 is 1.38 bits per heavy atom. The summed E-state index contributed by atoms with van der Waals surface area (Å²) in [5.41, 5.74) is 0.239. The van der Waals surface area contributed by atoms with E-state index in [-0.39, 0.29) is 28.1 Å². The quantitative estimate of drug-likeness (QED) is 0.710. The van der Waals surface area contributed by atoms with Gasteiger partial charge in [0.2, 0.25) is 15.9 Å². The molecule has 21 heavy (non-hydrogen) atoms. The first-order valence-electron chi connectivity index (χ1n) is 6.41. The number of rotatable bonds is 4. The van der Waals surface area contributed by atoms with E-state index in [9.17, 15) is 13.2 Å². The molecule has 0 bridgehead atoms. The number of nitrogens with zero attached hydrogens (tertiary/aromatic N) is 1. The van der Waals surface area contributed by atoms with E-state index in [0.717, 1.165) is 26.2 Å². The van der Waals surface area contributed by atoms with Gasteiger partial charge in [0.05, 0.1) is 22.2 Å². The van der Waals surface area contributed by atoms with Crippen molar-refractivity contribution < 1.29 is 13.2 Å². The van der Waals surface area contributed by atoms with Crippen LogP contribution in [-0.4, -0.2) is 51.9 Å². The fraction of sp³-hybridized carbons (Fsp3) is 0.417. The van der Waals surface area contributed by atoms with Gasteiger partial charge in [-0.3, -0.25) is 9.69 Å². The first-order chi connectivity index (χ1) is 9.86. The number of anilines is 1. The molecule has 1 aliphatic rings. The van der Waals surface area contributed by atoms with E-state index in [2.05, 4.69) is 10.6 Å². The monoisotopic (exact) mass is 332 g/mol. The normalized spacial score (nSPS) is 16.7. The van der Waals surface area contributed by atoms with Gasteiger partial charge >= 0.3 is 0 Å². The van der Waals surface area contributed by atoms with Crippen molar-refractivity contribution in [3.05, 3.63) is 23.2 Å². The van der Waals surface area contributed by atoms with Gasteiger partial charge in [0.15, 0.2) is 0 Å². The maximum Gasteiger partial charge on any atom is 0.238 e. The molecule has 9 heteroatoms. The lowest BCUT2D eigenvalue weighted by molar-refractivity contribution is -0.117. The molecule has 0 aromatic heterocycles. The second kappa shape index (κ2) is 6.71. The number of piperazine rings is 1. The van der Waals surface area contributed by atoms with Gasteiger partial charge < -0.3 is 10.6 Å². The molecule has 7 nitrogen and oxygen atoms in total. The molecule has 1 aromatic carbocycles. The van der Waals surface area contributed by atoms with Crippen LogP contribution in [0.1, 0.15) is 0 Å². The maximum absolute atomic E-state index is 12.0. The van der Waals surface area contributed by atoms with Gasteiger partial charge in [-0.2, -0.15) is 0 Å². The van der Waals surface area contributed by atoms with Crippen molar-refractivity contribution >= 4 is 33.2 Å². The van der Waals surface area contributed by atoms with E-state index in [1.54, 1.807) is 0 Å². The highest BCUT2D eigenvalue weighted by Crippen LogP contribution is 2.24. The van der Waals surface area contributed by atoms with Crippen molar-refractivity contribution in [1.29, 1.82) is 0 Å². The van der Waals surface area contributed by atoms with Crippen LogP contribution >= 0.6 is 11.6 Å². The molecule has 4 N–H and O–H groups in total. The van der Waals surface area contributed by atoms with E-state index in [1.807, 2.05) is 4.90 Å². The largest absolute Gasteiger partial charge is 0.324 e. The number of halogens is 1. The summed E-state index contributed by atoms with van der Waals surface area (Å²) in [7, 11) is -3.83. The molecule has 1 heterocycles. The molecular formula is C12H17ClN4O3S. The third-order valence-electron chi connectivity index (χ3n) is 3.12. The second-order valence-electron chi connectivity index (χ2n) is 4.76. The summed E-state index contributed by atoms with van der Waals surface area (Å²) >= 11 is 5.96. The number of nitrogens with two attached hydrogens (primary N) is 1. The van der Waals surface area contributed by atoms with Gasteiger partial charge in [-0.15, -0.1) is 0 Å². The molecule has 0 aliphatic carbocycles. The minimum absolute atomic E-state index is 0.0932. The standard InChI is InChI=1S/C12H17ClN4O3S/c13-10-2-1-9(21(14,19)20)7-11(10)16-12(18)8-17-5-3-15-4-6-17/h1-2,7,15H,3-6,8H2,(H,16,18)(H2,14,19,20). The van der Waals surface area contributed by atoms with E-state index in [0.29, 0.717) is 0 Å². The van der Waals surface area contributed by atoms with Crippen LogP contribution in [0.5, 0.6) is 0 Å². The number of nitrogens with one attached hydrogen (secondary N) is 2. The summed E-state index contributed by atoms with van der Waals surface area (Å²) in [5, 5.41) is 11.1. The number of hydrogen-bond donors (Lipinski definition) is 3. The Balaban J connectivity index is 2.06. The SMILES string of the molecule is NS(=O)(=O)c1ccc(Cl)c(NC(=O)CN2CCNCC2)c1. The van der Waals surface area contributed by atoms with Crippen molar-refractivity contribution in [2.24, 2.45) is 5.14 Å².